The number of benzene rings is 1. The van der Waals surface area contributed by atoms with Crippen molar-refractivity contribution in [2.24, 2.45) is 0 Å². The van der Waals surface area contributed by atoms with Gasteiger partial charge in [0.1, 0.15) is 5.60 Å². The van der Waals surface area contributed by atoms with Gasteiger partial charge in [-0.05, 0) is 46.2 Å². The van der Waals surface area contributed by atoms with Gasteiger partial charge in [-0.1, -0.05) is 28.1 Å². The standard InChI is InChI=1S/C15H20BrNO3/c1-9-11(7-6-8-12(9)16)13(18)10(2)17-14(19)20-15(3,4)5/h6-8,10H,1-5H3,(H,17,19)/t10-/m0/s1. The Bertz CT molecular complexity index is 520. The van der Waals surface area contributed by atoms with Crippen molar-refractivity contribution in [1.29, 1.82) is 0 Å². The molecular formula is C15H20BrNO3. The maximum Gasteiger partial charge on any atom is 0.408 e. The highest BCUT2D eigenvalue weighted by molar-refractivity contribution is 9.10. The van der Waals surface area contributed by atoms with E-state index in [-0.39, 0.29) is 5.78 Å². The summed E-state index contributed by atoms with van der Waals surface area (Å²) in [5.74, 6) is -0.144. The molecule has 0 heterocycles. The Labute approximate surface area is 128 Å². The van der Waals surface area contributed by atoms with Gasteiger partial charge in [0.15, 0.2) is 5.78 Å². The fraction of sp³-hybridized carbons (Fsp3) is 0.467. The lowest BCUT2D eigenvalue weighted by molar-refractivity contribution is 0.0496. The quantitative estimate of drug-likeness (QED) is 0.849. The third-order valence-electron chi connectivity index (χ3n) is 2.66. The van der Waals surface area contributed by atoms with Crippen LogP contribution in [0.3, 0.4) is 0 Å². The lowest BCUT2D eigenvalue weighted by Crippen LogP contribution is -2.41. The normalized spacial score (nSPS) is 12.7. The van der Waals surface area contributed by atoms with Crippen molar-refractivity contribution < 1.29 is 14.3 Å². The van der Waals surface area contributed by atoms with E-state index in [1.165, 1.54) is 0 Å². The fourth-order valence-electron chi connectivity index (χ4n) is 1.66. The molecular weight excluding hydrogens is 322 g/mol. The first kappa shape index (κ1) is 16.7. The molecule has 1 N–H and O–H groups in total. The van der Waals surface area contributed by atoms with E-state index in [2.05, 4.69) is 21.2 Å². The highest BCUT2D eigenvalue weighted by atomic mass is 79.9. The molecule has 1 aromatic carbocycles. The molecule has 0 saturated heterocycles. The third-order valence-corrected chi connectivity index (χ3v) is 3.52. The Morgan fingerprint density at radius 1 is 1.30 bits per heavy atom. The first-order valence-corrected chi connectivity index (χ1v) is 7.20. The summed E-state index contributed by atoms with van der Waals surface area (Å²) in [6.45, 7) is 8.83. The Balaban J connectivity index is 2.77. The molecule has 20 heavy (non-hydrogen) atoms. The summed E-state index contributed by atoms with van der Waals surface area (Å²) < 4.78 is 6.01. The maximum absolute atomic E-state index is 12.3. The Morgan fingerprint density at radius 2 is 1.90 bits per heavy atom. The first-order valence-electron chi connectivity index (χ1n) is 6.40. The van der Waals surface area contributed by atoms with Crippen molar-refractivity contribution in [1.82, 2.24) is 5.32 Å². The van der Waals surface area contributed by atoms with E-state index in [4.69, 9.17) is 4.74 Å². The van der Waals surface area contributed by atoms with Crippen molar-refractivity contribution in [3.05, 3.63) is 33.8 Å². The number of amides is 1. The topological polar surface area (TPSA) is 55.4 Å². The summed E-state index contributed by atoms with van der Waals surface area (Å²) in [4.78, 5) is 24.0. The highest BCUT2D eigenvalue weighted by Gasteiger charge is 2.23. The number of Topliss-reactive ketones (excluding diaryl/α,β-unsaturated/α-hetero) is 1. The van der Waals surface area contributed by atoms with E-state index in [1.807, 2.05) is 13.0 Å². The molecule has 1 rings (SSSR count). The van der Waals surface area contributed by atoms with Gasteiger partial charge in [0.05, 0.1) is 6.04 Å². The van der Waals surface area contributed by atoms with Gasteiger partial charge in [0, 0.05) is 10.0 Å². The van der Waals surface area contributed by atoms with Crippen molar-refractivity contribution >= 4 is 27.8 Å². The minimum absolute atomic E-state index is 0.144. The van der Waals surface area contributed by atoms with E-state index >= 15 is 0 Å². The molecule has 0 saturated carbocycles. The van der Waals surface area contributed by atoms with Crippen LogP contribution in [0.5, 0.6) is 0 Å². The van der Waals surface area contributed by atoms with Gasteiger partial charge in [-0.3, -0.25) is 4.79 Å². The second kappa shape index (κ2) is 6.39. The first-order chi connectivity index (χ1) is 9.11. The summed E-state index contributed by atoms with van der Waals surface area (Å²) >= 11 is 3.39. The minimum Gasteiger partial charge on any atom is -0.444 e. The molecule has 1 amide bonds. The van der Waals surface area contributed by atoms with Gasteiger partial charge in [-0.15, -0.1) is 0 Å². The monoisotopic (exact) mass is 341 g/mol. The summed E-state index contributed by atoms with van der Waals surface area (Å²) in [5, 5.41) is 2.56. The van der Waals surface area contributed by atoms with Crippen LogP contribution in [0, 0.1) is 6.92 Å². The summed E-state index contributed by atoms with van der Waals surface area (Å²) in [6, 6.07) is 4.77. The molecule has 0 spiro atoms. The van der Waals surface area contributed by atoms with Crippen molar-refractivity contribution in [3.8, 4) is 0 Å². The van der Waals surface area contributed by atoms with Crippen LogP contribution in [0.15, 0.2) is 22.7 Å². The van der Waals surface area contributed by atoms with Crippen LogP contribution in [-0.4, -0.2) is 23.5 Å². The van der Waals surface area contributed by atoms with Gasteiger partial charge in [-0.2, -0.15) is 0 Å². The molecule has 0 aliphatic carbocycles. The molecule has 1 atom stereocenters. The lowest BCUT2D eigenvalue weighted by Gasteiger charge is -2.21. The van der Waals surface area contributed by atoms with E-state index in [0.29, 0.717) is 5.56 Å². The molecule has 110 valence electrons. The molecule has 0 bridgehead atoms. The number of carbonyl (C=O) groups excluding carboxylic acids is 2. The smallest absolute Gasteiger partial charge is 0.408 e. The average Bonchev–Trinajstić information content (AvgIpc) is 2.29. The Kier molecular flexibility index (Phi) is 5.34. The number of hydrogen-bond acceptors (Lipinski definition) is 3. The number of ether oxygens (including phenoxy) is 1. The van der Waals surface area contributed by atoms with Crippen LogP contribution in [0.4, 0.5) is 4.79 Å². The largest absolute Gasteiger partial charge is 0.444 e. The van der Waals surface area contributed by atoms with Crippen molar-refractivity contribution in [2.45, 2.75) is 46.3 Å². The number of rotatable bonds is 3. The predicted molar refractivity (Wildman–Crippen MR) is 82.0 cm³/mol. The molecule has 0 aromatic heterocycles. The lowest BCUT2D eigenvalue weighted by atomic mass is 10.0. The zero-order chi connectivity index (χ0) is 15.5. The number of nitrogens with one attached hydrogen (secondary N) is 1. The average molecular weight is 342 g/mol. The second-order valence-corrected chi connectivity index (χ2v) is 6.50. The minimum atomic E-state index is -0.641. The van der Waals surface area contributed by atoms with Gasteiger partial charge < -0.3 is 10.1 Å². The summed E-state index contributed by atoms with van der Waals surface area (Å²) in [7, 11) is 0. The molecule has 0 unspecified atom stereocenters. The van der Waals surface area contributed by atoms with Crippen LogP contribution in [0.1, 0.15) is 43.6 Å². The van der Waals surface area contributed by atoms with E-state index in [0.717, 1.165) is 10.0 Å². The van der Waals surface area contributed by atoms with Crippen molar-refractivity contribution in [2.75, 3.05) is 0 Å². The molecule has 1 aromatic rings. The van der Waals surface area contributed by atoms with Gasteiger partial charge in [-0.25, -0.2) is 4.79 Å². The SMILES string of the molecule is Cc1c(Br)cccc1C(=O)[C@H](C)NC(=O)OC(C)(C)C. The zero-order valence-corrected chi connectivity index (χ0v) is 14.0. The maximum atomic E-state index is 12.3. The van der Waals surface area contributed by atoms with Gasteiger partial charge in [0.2, 0.25) is 0 Å². The number of carbonyl (C=O) groups is 2. The summed E-state index contributed by atoms with van der Waals surface area (Å²) in [5.41, 5.74) is 0.858. The van der Waals surface area contributed by atoms with E-state index in [1.54, 1.807) is 39.8 Å². The van der Waals surface area contributed by atoms with E-state index in [9.17, 15) is 9.59 Å². The van der Waals surface area contributed by atoms with Crippen LogP contribution in [0.2, 0.25) is 0 Å². The predicted octanol–water partition coefficient (Wildman–Crippen LogP) is 3.85. The van der Waals surface area contributed by atoms with Crippen LogP contribution < -0.4 is 5.32 Å². The number of ketones is 1. The van der Waals surface area contributed by atoms with Gasteiger partial charge in [0.25, 0.3) is 0 Å². The van der Waals surface area contributed by atoms with Crippen molar-refractivity contribution in [3.63, 3.8) is 0 Å². The zero-order valence-electron chi connectivity index (χ0n) is 12.4. The fourth-order valence-corrected chi connectivity index (χ4v) is 2.02. The number of alkyl carbamates (subject to hydrolysis) is 1. The Hall–Kier alpha value is -1.36. The van der Waals surface area contributed by atoms with E-state index < -0.39 is 17.7 Å². The van der Waals surface area contributed by atoms with Crippen LogP contribution >= 0.6 is 15.9 Å². The third kappa shape index (κ3) is 4.63. The van der Waals surface area contributed by atoms with Gasteiger partial charge >= 0.3 is 6.09 Å². The van der Waals surface area contributed by atoms with Crippen LogP contribution in [-0.2, 0) is 4.74 Å². The Morgan fingerprint density at radius 3 is 2.45 bits per heavy atom. The second-order valence-electron chi connectivity index (χ2n) is 5.64. The highest BCUT2D eigenvalue weighted by Crippen LogP contribution is 2.20. The molecule has 0 aliphatic rings. The number of halogens is 1. The number of hydrogen-bond donors (Lipinski definition) is 1. The molecule has 0 aliphatic heterocycles. The molecule has 0 radical (unpaired) electrons. The summed E-state index contributed by atoms with van der Waals surface area (Å²) in [6.07, 6.45) is -0.592. The molecule has 4 nitrogen and oxygen atoms in total. The molecule has 0 fully saturated rings. The van der Waals surface area contributed by atoms with Crippen LogP contribution in [0.25, 0.3) is 0 Å². The molecule has 5 heteroatoms.